The molecule has 11 nitrogen and oxygen atoms in total. The molecule has 0 saturated carbocycles. The van der Waals surface area contributed by atoms with Crippen LogP contribution in [0.4, 0.5) is 0 Å². The van der Waals surface area contributed by atoms with Gasteiger partial charge in [-0.3, -0.25) is 9.59 Å². The number of rotatable bonds is 17. The van der Waals surface area contributed by atoms with Crippen molar-refractivity contribution in [2.75, 3.05) is 48.7 Å². The minimum absolute atomic E-state index is 0.0581. The molecule has 1 aliphatic rings. The number of carbonyl (C=O) groups is 3. The summed E-state index contributed by atoms with van der Waals surface area (Å²) in [5.41, 5.74) is 2.46. The molecule has 11 heteroatoms. The first-order valence-electron chi connectivity index (χ1n) is 16.5. The zero-order valence-corrected chi connectivity index (χ0v) is 29.2. The molecular weight excluding hydrogens is 630 g/mol. The van der Waals surface area contributed by atoms with E-state index in [4.69, 9.17) is 33.2 Å². The number of aldehydes is 1. The standard InChI is InChI=1S/C38H47NO10/c1-7-29(27-23-34(45-4)36(47-6)35(24-27)46-5)37(41)39-19-9-8-10-30(39)38(42)49-31(26-13-15-28(16-14-26)48-21-20-40)17-11-25-12-18-32(43-2)33(22-25)44-3/h12-16,18,20,22-24,29-31H,7-11,17,19,21H2,1-6H3/t29-,30-,31+/m0/s1. The Morgan fingerprint density at radius 3 is 2.08 bits per heavy atom. The maximum absolute atomic E-state index is 14.2. The van der Waals surface area contributed by atoms with Gasteiger partial charge < -0.3 is 38.1 Å². The van der Waals surface area contributed by atoms with Crippen molar-refractivity contribution in [3.8, 4) is 34.5 Å². The van der Waals surface area contributed by atoms with Crippen molar-refractivity contribution >= 4 is 18.2 Å². The van der Waals surface area contributed by atoms with Crippen molar-refractivity contribution in [2.24, 2.45) is 0 Å². The summed E-state index contributed by atoms with van der Waals surface area (Å²) in [4.78, 5) is 40.8. The van der Waals surface area contributed by atoms with E-state index >= 15 is 0 Å². The van der Waals surface area contributed by atoms with Gasteiger partial charge in [0.25, 0.3) is 0 Å². The van der Waals surface area contributed by atoms with Crippen LogP contribution in [0.15, 0.2) is 54.6 Å². The van der Waals surface area contributed by atoms with Gasteiger partial charge in [-0.1, -0.05) is 25.1 Å². The molecule has 49 heavy (non-hydrogen) atoms. The number of esters is 1. The fraction of sp³-hybridized carbons (Fsp3) is 0.447. The van der Waals surface area contributed by atoms with Crippen molar-refractivity contribution in [2.45, 2.75) is 63.5 Å². The molecule has 1 heterocycles. The molecule has 3 aromatic rings. The number of hydrogen-bond donors (Lipinski definition) is 0. The van der Waals surface area contributed by atoms with Crippen LogP contribution in [0, 0.1) is 0 Å². The average Bonchev–Trinajstić information content (AvgIpc) is 3.15. The highest BCUT2D eigenvalue weighted by Gasteiger charge is 2.38. The molecule has 0 unspecified atom stereocenters. The highest BCUT2D eigenvalue weighted by molar-refractivity contribution is 5.89. The van der Waals surface area contributed by atoms with Crippen molar-refractivity contribution < 1.29 is 47.5 Å². The van der Waals surface area contributed by atoms with Crippen LogP contribution in [-0.2, 0) is 25.5 Å². The molecule has 0 radical (unpaired) electrons. The molecule has 1 fully saturated rings. The average molecular weight is 678 g/mol. The second-order valence-corrected chi connectivity index (χ2v) is 11.7. The zero-order valence-electron chi connectivity index (χ0n) is 29.2. The van der Waals surface area contributed by atoms with E-state index in [0.29, 0.717) is 78.6 Å². The van der Waals surface area contributed by atoms with E-state index in [1.807, 2.05) is 37.3 Å². The topological polar surface area (TPSA) is 119 Å². The lowest BCUT2D eigenvalue weighted by Crippen LogP contribution is -2.50. The molecule has 3 atom stereocenters. The van der Waals surface area contributed by atoms with Gasteiger partial charge in [-0.2, -0.15) is 0 Å². The van der Waals surface area contributed by atoms with Gasteiger partial charge in [-0.05, 0) is 91.6 Å². The third-order valence-electron chi connectivity index (χ3n) is 8.83. The van der Waals surface area contributed by atoms with Gasteiger partial charge in [-0.15, -0.1) is 0 Å². The van der Waals surface area contributed by atoms with Gasteiger partial charge in [0.05, 0.1) is 41.5 Å². The molecule has 1 amide bonds. The van der Waals surface area contributed by atoms with E-state index in [-0.39, 0.29) is 12.5 Å². The number of carbonyl (C=O) groups excluding carboxylic acids is 3. The molecule has 4 rings (SSSR count). The van der Waals surface area contributed by atoms with E-state index in [9.17, 15) is 14.4 Å². The van der Waals surface area contributed by atoms with Crippen LogP contribution in [-0.4, -0.2) is 77.8 Å². The lowest BCUT2D eigenvalue weighted by Gasteiger charge is -2.37. The molecule has 0 aliphatic carbocycles. The Morgan fingerprint density at radius 2 is 1.49 bits per heavy atom. The Bertz CT molecular complexity index is 1530. The first kappa shape index (κ1) is 36.9. The van der Waals surface area contributed by atoms with E-state index in [0.717, 1.165) is 24.0 Å². The third-order valence-corrected chi connectivity index (χ3v) is 8.83. The fourth-order valence-electron chi connectivity index (χ4n) is 6.25. The van der Waals surface area contributed by atoms with E-state index in [1.165, 1.54) is 21.3 Å². The Balaban J connectivity index is 1.59. The van der Waals surface area contributed by atoms with Gasteiger partial charge in [-0.25, -0.2) is 4.79 Å². The maximum atomic E-state index is 14.2. The molecule has 0 spiro atoms. The van der Waals surface area contributed by atoms with Gasteiger partial charge >= 0.3 is 5.97 Å². The van der Waals surface area contributed by atoms with E-state index in [1.54, 1.807) is 43.4 Å². The number of benzene rings is 3. The Kier molecular flexibility index (Phi) is 13.6. The largest absolute Gasteiger partial charge is 0.493 e. The number of hydrogen-bond acceptors (Lipinski definition) is 10. The minimum Gasteiger partial charge on any atom is -0.493 e. The van der Waals surface area contributed by atoms with E-state index in [2.05, 4.69) is 0 Å². The van der Waals surface area contributed by atoms with Crippen LogP contribution in [0.5, 0.6) is 34.5 Å². The number of ether oxygens (including phenoxy) is 7. The lowest BCUT2D eigenvalue weighted by atomic mass is 9.91. The van der Waals surface area contributed by atoms with Crippen LogP contribution in [0.1, 0.15) is 67.7 Å². The number of likely N-dealkylation sites (tertiary alicyclic amines) is 1. The minimum atomic E-state index is -0.740. The number of piperidine rings is 1. The lowest BCUT2D eigenvalue weighted by molar-refractivity contribution is -0.162. The predicted molar refractivity (Wildman–Crippen MR) is 183 cm³/mol. The number of amides is 1. The van der Waals surface area contributed by atoms with Crippen LogP contribution >= 0.6 is 0 Å². The smallest absolute Gasteiger partial charge is 0.329 e. The molecule has 0 N–H and O–H groups in total. The highest BCUT2D eigenvalue weighted by atomic mass is 16.5. The SMILES string of the molecule is CC[C@H](C(=O)N1CCCC[C@H]1C(=O)O[C@H](CCc1ccc(OC)c(OC)c1)c1ccc(OCC=O)cc1)c1cc(OC)c(OC)c(OC)c1. The normalized spacial score (nSPS) is 15.4. The van der Waals surface area contributed by atoms with Gasteiger partial charge in [0.2, 0.25) is 11.7 Å². The first-order valence-corrected chi connectivity index (χ1v) is 16.5. The summed E-state index contributed by atoms with van der Waals surface area (Å²) < 4.78 is 39.2. The molecule has 3 aromatic carbocycles. The third kappa shape index (κ3) is 8.95. The van der Waals surface area contributed by atoms with Crippen LogP contribution < -0.4 is 28.4 Å². The molecule has 1 aliphatic heterocycles. The summed E-state index contributed by atoms with van der Waals surface area (Å²) in [7, 11) is 7.77. The molecule has 264 valence electrons. The Hall–Kier alpha value is -4.93. The van der Waals surface area contributed by atoms with Crippen molar-refractivity contribution in [1.82, 2.24) is 4.90 Å². The summed E-state index contributed by atoms with van der Waals surface area (Å²) in [6, 6.07) is 15.7. The number of aryl methyl sites for hydroxylation is 1. The summed E-state index contributed by atoms with van der Waals surface area (Å²) in [6.45, 7) is 2.33. The summed E-state index contributed by atoms with van der Waals surface area (Å²) in [5, 5.41) is 0. The summed E-state index contributed by atoms with van der Waals surface area (Å²) >= 11 is 0. The molecular formula is C38H47NO10. The summed E-state index contributed by atoms with van der Waals surface area (Å²) in [5.74, 6) is 1.97. The van der Waals surface area contributed by atoms with Crippen molar-refractivity contribution in [1.29, 1.82) is 0 Å². The zero-order chi connectivity index (χ0) is 35.3. The fourth-order valence-corrected chi connectivity index (χ4v) is 6.25. The van der Waals surface area contributed by atoms with Crippen LogP contribution in [0.2, 0.25) is 0 Å². The monoisotopic (exact) mass is 677 g/mol. The first-order chi connectivity index (χ1) is 23.8. The Labute approximate surface area is 288 Å². The quantitative estimate of drug-likeness (QED) is 0.123. The second kappa shape index (κ2) is 18.0. The Morgan fingerprint density at radius 1 is 0.816 bits per heavy atom. The number of methoxy groups -OCH3 is 5. The molecule has 0 bridgehead atoms. The molecule has 0 aromatic heterocycles. The maximum Gasteiger partial charge on any atom is 0.329 e. The van der Waals surface area contributed by atoms with Crippen LogP contribution in [0.3, 0.4) is 0 Å². The van der Waals surface area contributed by atoms with Crippen molar-refractivity contribution in [3.05, 3.63) is 71.3 Å². The van der Waals surface area contributed by atoms with Gasteiger partial charge in [0.1, 0.15) is 24.5 Å². The molecule has 1 saturated heterocycles. The van der Waals surface area contributed by atoms with Gasteiger partial charge in [0, 0.05) is 6.54 Å². The number of nitrogens with zero attached hydrogens (tertiary/aromatic N) is 1. The second-order valence-electron chi connectivity index (χ2n) is 11.7. The van der Waals surface area contributed by atoms with Crippen LogP contribution in [0.25, 0.3) is 0 Å². The summed E-state index contributed by atoms with van der Waals surface area (Å²) in [6.07, 6.45) is 3.70. The van der Waals surface area contributed by atoms with Gasteiger partial charge in [0.15, 0.2) is 29.3 Å². The van der Waals surface area contributed by atoms with E-state index < -0.39 is 24.0 Å². The highest BCUT2D eigenvalue weighted by Crippen LogP contribution is 2.41. The van der Waals surface area contributed by atoms with Crippen molar-refractivity contribution in [3.63, 3.8) is 0 Å². The predicted octanol–water partition coefficient (Wildman–Crippen LogP) is 6.10.